The first-order chi connectivity index (χ1) is 12.1. The lowest BCUT2D eigenvalue weighted by molar-refractivity contribution is 0.619. The molecule has 0 aliphatic carbocycles. The number of nitrogens with zero attached hydrogens (tertiary/aromatic N) is 3. The second kappa shape index (κ2) is 8.04. The number of aromatic nitrogens is 3. The number of thiocarbonyl (C=S) groups is 1. The lowest BCUT2D eigenvalue weighted by atomic mass is 10.2. The molecule has 8 heteroatoms. The summed E-state index contributed by atoms with van der Waals surface area (Å²) in [5.41, 5.74) is 1.86. The molecule has 0 saturated heterocycles. The number of nitrogens with one attached hydrogen (secondary N) is 2. The van der Waals surface area contributed by atoms with Crippen LogP contribution in [0.2, 0.25) is 5.02 Å². The number of hydrogen-bond acceptors (Lipinski definition) is 3. The number of hydrogen-bond donors (Lipinski definition) is 2. The van der Waals surface area contributed by atoms with E-state index in [9.17, 15) is 4.39 Å². The van der Waals surface area contributed by atoms with Crippen LogP contribution in [-0.4, -0.2) is 19.9 Å². The van der Waals surface area contributed by atoms with Crippen LogP contribution < -0.4 is 10.6 Å². The smallest absolute Gasteiger partial charge is 0.248 e. The molecule has 0 bridgehead atoms. The summed E-state index contributed by atoms with van der Waals surface area (Å²) in [5, 5.41) is 11.4. The maximum Gasteiger partial charge on any atom is 0.248 e. The number of benzene rings is 2. The third kappa shape index (κ3) is 5.23. The van der Waals surface area contributed by atoms with E-state index in [1.165, 1.54) is 12.1 Å². The van der Waals surface area contributed by atoms with Crippen LogP contribution in [0.25, 0.3) is 0 Å². The van der Waals surface area contributed by atoms with Gasteiger partial charge in [0, 0.05) is 11.6 Å². The number of rotatable bonds is 5. The molecule has 0 fully saturated rings. The average molecular weight is 376 g/mol. The van der Waals surface area contributed by atoms with Gasteiger partial charge in [0.05, 0.1) is 6.54 Å². The van der Waals surface area contributed by atoms with Crippen LogP contribution in [0.15, 0.2) is 54.9 Å². The molecule has 0 atom stereocenters. The van der Waals surface area contributed by atoms with Crippen molar-refractivity contribution in [3.05, 3.63) is 76.8 Å². The summed E-state index contributed by atoms with van der Waals surface area (Å²) >= 11 is 11.1. The molecule has 0 spiro atoms. The summed E-state index contributed by atoms with van der Waals surface area (Å²) in [6.45, 7) is 0.990. The Bertz CT molecular complexity index is 865. The predicted molar refractivity (Wildman–Crippen MR) is 100 cm³/mol. The van der Waals surface area contributed by atoms with E-state index >= 15 is 0 Å². The second-order valence-corrected chi connectivity index (χ2v) is 6.17. The fraction of sp³-hybridized carbons (Fsp3) is 0.118. The Kier molecular flexibility index (Phi) is 5.57. The maximum absolute atomic E-state index is 13.2. The third-order valence-corrected chi connectivity index (χ3v) is 3.86. The highest BCUT2D eigenvalue weighted by molar-refractivity contribution is 7.80. The first-order valence-corrected chi connectivity index (χ1v) is 8.30. The van der Waals surface area contributed by atoms with Crippen LogP contribution in [0.3, 0.4) is 0 Å². The quantitative estimate of drug-likeness (QED) is 0.667. The molecule has 2 N–H and O–H groups in total. The van der Waals surface area contributed by atoms with E-state index in [2.05, 4.69) is 20.7 Å². The zero-order chi connectivity index (χ0) is 17.6. The fourth-order valence-corrected chi connectivity index (χ4v) is 2.47. The minimum absolute atomic E-state index is 0.274. The number of halogens is 2. The van der Waals surface area contributed by atoms with Crippen molar-refractivity contribution in [3.63, 3.8) is 0 Å². The van der Waals surface area contributed by atoms with Gasteiger partial charge in [0.15, 0.2) is 5.11 Å². The summed E-state index contributed by atoms with van der Waals surface area (Å²) in [6, 6.07) is 13.9. The molecule has 5 nitrogen and oxygen atoms in total. The third-order valence-electron chi connectivity index (χ3n) is 3.36. The summed E-state index contributed by atoms with van der Waals surface area (Å²) < 4.78 is 14.8. The van der Waals surface area contributed by atoms with Crippen molar-refractivity contribution in [2.24, 2.45) is 0 Å². The van der Waals surface area contributed by atoms with Crippen molar-refractivity contribution in [1.82, 2.24) is 20.1 Å². The van der Waals surface area contributed by atoms with E-state index in [1.807, 2.05) is 30.3 Å². The highest BCUT2D eigenvalue weighted by Crippen LogP contribution is 2.09. The fourth-order valence-electron chi connectivity index (χ4n) is 2.18. The Labute approximate surface area is 154 Å². The monoisotopic (exact) mass is 375 g/mol. The second-order valence-electron chi connectivity index (χ2n) is 5.33. The normalized spacial score (nSPS) is 10.5. The van der Waals surface area contributed by atoms with E-state index in [-0.39, 0.29) is 5.82 Å². The molecule has 3 aromatic rings. The Morgan fingerprint density at radius 3 is 2.72 bits per heavy atom. The molecular formula is C17H15ClFN5S. The summed E-state index contributed by atoms with van der Waals surface area (Å²) in [6.07, 6.45) is 1.56. The maximum atomic E-state index is 13.2. The summed E-state index contributed by atoms with van der Waals surface area (Å²) in [4.78, 5) is 4.14. The molecule has 128 valence electrons. The van der Waals surface area contributed by atoms with Crippen molar-refractivity contribution in [2.75, 3.05) is 5.32 Å². The molecule has 1 heterocycles. The largest absolute Gasteiger partial charge is 0.358 e. The minimum atomic E-state index is -0.274. The Morgan fingerprint density at radius 1 is 1.16 bits per heavy atom. The van der Waals surface area contributed by atoms with Gasteiger partial charge in [0.1, 0.15) is 12.1 Å². The first kappa shape index (κ1) is 17.3. The molecule has 0 aliphatic heterocycles. The van der Waals surface area contributed by atoms with Crippen molar-refractivity contribution >= 4 is 34.9 Å². The highest BCUT2D eigenvalue weighted by Gasteiger charge is 2.05. The summed E-state index contributed by atoms with van der Waals surface area (Å²) in [5.74, 6) is 0.105. The molecule has 2 aromatic carbocycles. The van der Waals surface area contributed by atoms with E-state index in [1.54, 1.807) is 17.1 Å². The van der Waals surface area contributed by atoms with Gasteiger partial charge in [-0.2, -0.15) is 0 Å². The topological polar surface area (TPSA) is 54.8 Å². The predicted octanol–water partition coefficient (Wildman–Crippen LogP) is 3.61. The molecule has 25 heavy (non-hydrogen) atoms. The number of anilines is 1. The van der Waals surface area contributed by atoms with E-state index < -0.39 is 0 Å². The van der Waals surface area contributed by atoms with Crippen LogP contribution in [-0.2, 0) is 13.1 Å². The van der Waals surface area contributed by atoms with Gasteiger partial charge in [-0.1, -0.05) is 35.9 Å². The van der Waals surface area contributed by atoms with Crippen LogP contribution >= 0.6 is 23.8 Å². The summed E-state index contributed by atoms with van der Waals surface area (Å²) in [7, 11) is 0. The Hall–Kier alpha value is -2.51. The Morgan fingerprint density at radius 2 is 1.96 bits per heavy atom. The van der Waals surface area contributed by atoms with Crippen LogP contribution in [0.4, 0.5) is 10.3 Å². The highest BCUT2D eigenvalue weighted by atomic mass is 35.5. The molecule has 0 saturated carbocycles. The molecule has 1 aromatic heterocycles. The van der Waals surface area contributed by atoms with E-state index in [0.29, 0.717) is 29.2 Å². The van der Waals surface area contributed by atoms with Crippen molar-refractivity contribution in [3.8, 4) is 0 Å². The van der Waals surface area contributed by atoms with Gasteiger partial charge in [-0.15, -0.1) is 5.10 Å². The zero-order valence-corrected chi connectivity index (χ0v) is 14.7. The molecule has 0 unspecified atom stereocenters. The van der Waals surface area contributed by atoms with Crippen LogP contribution in [0.1, 0.15) is 11.1 Å². The van der Waals surface area contributed by atoms with Crippen molar-refractivity contribution < 1.29 is 4.39 Å². The van der Waals surface area contributed by atoms with Crippen LogP contribution in [0, 0.1) is 5.82 Å². The van der Waals surface area contributed by atoms with E-state index in [4.69, 9.17) is 23.8 Å². The van der Waals surface area contributed by atoms with Gasteiger partial charge in [0.25, 0.3) is 0 Å². The van der Waals surface area contributed by atoms with Gasteiger partial charge in [-0.3, -0.25) is 5.32 Å². The minimum Gasteiger partial charge on any atom is -0.358 e. The molecule has 0 radical (unpaired) electrons. The lowest BCUT2D eigenvalue weighted by Crippen LogP contribution is -2.28. The Balaban J connectivity index is 1.52. The van der Waals surface area contributed by atoms with Crippen molar-refractivity contribution in [2.45, 2.75) is 13.1 Å². The molecular weight excluding hydrogens is 361 g/mol. The molecule has 3 rings (SSSR count). The standard InChI is InChI=1S/C17H15ClFN5S/c18-14-6-4-12(5-7-14)9-20-17(25)22-16-21-11-24(23-16)10-13-2-1-3-15(19)8-13/h1-8,11H,9-10H2,(H2,20,22,23,25). The molecule has 0 amide bonds. The van der Waals surface area contributed by atoms with Gasteiger partial charge in [0.2, 0.25) is 5.95 Å². The van der Waals surface area contributed by atoms with Gasteiger partial charge in [-0.05, 0) is 47.6 Å². The SMILES string of the molecule is Fc1cccc(Cn2cnc(NC(=S)NCc3ccc(Cl)cc3)n2)c1. The lowest BCUT2D eigenvalue weighted by Gasteiger charge is -2.08. The van der Waals surface area contributed by atoms with Crippen molar-refractivity contribution in [1.29, 1.82) is 0 Å². The zero-order valence-electron chi connectivity index (χ0n) is 13.1. The van der Waals surface area contributed by atoms with Crippen LogP contribution in [0.5, 0.6) is 0 Å². The molecule has 0 aliphatic rings. The average Bonchev–Trinajstić information content (AvgIpc) is 3.01. The van der Waals surface area contributed by atoms with Gasteiger partial charge < -0.3 is 5.32 Å². The first-order valence-electron chi connectivity index (χ1n) is 7.52. The van der Waals surface area contributed by atoms with Gasteiger partial charge >= 0.3 is 0 Å². The van der Waals surface area contributed by atoms with E-state index in [0.717, 1.165) is 11.1 Å². The van der Waals surface area contributed by atoms with Gasteiger partial charge in [-0.25, -0.2) is 14.1 Å².